The van der Waals surface area contributed by atoms with E-state index in [0.717, 1.165) is 11.0 Å². The van der Waals surface area contributed by atoms with Crippen molar-refractivity contribution in [1.82, 2.24) is 5.32 Å². The van der Waals surface area contributed by atoms with Gasteiger partial charge in [0.05, 0.1) is 4.88 Å². The highest BCUT2D eigenvalue weighted by Crippen LogP contribution is 2.18. The summed E-state index contributed by atoms with van der Waals surface area (Å²) in [5.74, 6) is -1.11. The second-order valence-electron chi connectivity index (χ2n) is 3.63. The van der Waals surface area contributed by atoms with E-state index in [1.54, 1.807) is 23.9 Å². The first-order chi connectivity index (χ1) is 8.52. The number of carboxylic acid groups (broad SMARTS) is 1. The molecule has 0 bridgehead atoms. The molecule has 1 aromatic rings. The van der Waals surface area contributed by atoms with Gasteiger partial charge in [-0.15, -0.1) is 11.3 Å². The van der Waals surface area contributed by atoms with Crippen LogP contribution in [0.25, 0.3) is 6.08 Å². The van der Waals surface area contributed by atoms with Crippen LogP contribution in [0, 0.1) is 0 Å². The van der Waals surface area contributed by atoms with Gasteiger partial charge in [-0.1, -0.05) is 6.92 Å². The molecule has 1 amide bonds. The van der Waals surface area contributed by atoms with Crippen LogP contribution in [0.1, 0.15) is 21.5 Å². The molecule has 1 heterocycles. The molecule has 18 heavy (non-hydrogen) atoms. The van der Waals surface area contributed by atoms with Crippen LogP contribution in [0.15, 0.2) is 18.2 Å². The topological polar surface area (TPSA) is 66.4 Å². The molecule has 0 radical (unpaired) electrons. The number of hydrogen-bond acceptors (Lipinski definition) is 4. The molecule has 0 aliphatic heterocycles. The lowest BCUT2D eigenvalue weighted by Gasteiger charge is -2.08. The third-order valence-corrected chi connectivity index (χ3v) is 4.21. The molecule has 0 fully saturated rings. The van der Waals surface area contributed by atoms with E-state index in [9.17, 15) is 9.59 Å². The van der Waals surface area contributed by atoms with Crippen molar-refractivity contribution in [3.63, 3.8) is 0 Å². The van der Waals surface area contributed by atoms with Crippen LogP contribution < -0.4 is 5.32 Å². The van der Waals surface area contributed by atoms with E-state index in [1.165, 1.54) is 17.4 Å². The fourth-order valence-corrected chi connectivity index (χ4v) is 2.20. The maximum absolute atomic E-state index is 11.8. The first kappa shape index (κ1) is 14.8. The molecule has 0 aromatic carbocycles. The summed E-state index contributed by atoms with van der Waals surface area (Å²) in [6, 6.07) is 3.43. The summed E-state index contributed by atoms with van der Waals surface area (Å²) >= 11 is 2.96. The third kappa shape index (κ3) is 4.93. The van der Waals surface area contributed by atoms with Crippen molar-refractivity contribution < 1.29 is 14.7 Å². The van der Waals surface area contributed by atoms with Crippen LogP contribution in [0.5, 0.6) is 0 Å². The molecule has 0 saturated heterocycles. The van der Waals surface area contributed by atoms with Gasteiger partial charge in [0.25, 0.3) is 5.91 Å². The van der Waals surface area contributed by atoms with Crippen molar-refractivity contribution >= 4 is 41.1 Å². The SMILES string of the molecule is CSC(C)CNC(=O)c1ccc(/C=C/C(=O)O)s1. The minimum atomic E-state index is -0.997. The van der Waals surface area contributed by atoms with Gasteiger partial charge in [-0.2, -0.15) is 11.8 Å². The van der Waals surface area contributed by atoms with Crippen molar-refractivity contribution in [3.05, 3.63) is 28.0 Å². The summed E-state index contributed by atoms with van der Waals surface area (Å²) in [5, 5.41) is 11.7. The molecular weight excluding hydrogens is 270 g/mol. The Hall–Kier alpha value is -1.27. The molecule has 1 unspecified atom stereocenters. The molecule has 1 atom stereocenters. The summed E-state index contributed by atoms with van der Waals surface area (Å²) in [4.78, 5) is 23.5. The third-order valence-electron chi connectivity index (χ3n) is 2.19. The molecule has 0 aliphatic rings. The van der Waals surface area contributed by atoms with Gasteiger partial charge in [-0.05, 0) is 24.5 Å². The highest BCUT2D eigenvalue weighted by Gasteiger charge is 2.09. The van der Waals surface area contributed by atoms with Crippen molar-refractivity contribution in [1.29, 1.82) is 0 Å². The zero-order valence-electron chi connectivity index (χ0n) is 10.2. The highest BCUT2D eigenvalue weighted by atomic mass is 32.2. The zero-order valence-corrected chi connectivity index (χ0v) is 11.8. The van der Waals surface area contributed by atoms with E-state index in [-0.39, 0.29) is 5.91 Å². The van der Waals surface area contributed by atoms with Crippen molar-refractivity contribution in [2.24, 2.45) is 0 Å². The van der Waals surface area contributed by atoms with Gasteiger partial charge >= 0.3 is 5.97 Å². The monoisotopic (exact) mass is 285 g/mol. The van der Waals surface area contributed by atoms with Crippen LogP contribution in [0.3, 0.4) is 0 Å². The number of carbonyl (C=O) groups excluding carboxylic acids is 1. The molecule has 0 aliphatic carbocycles. The van der Waals surface area contributed by atoms with Gasteiger partial charge in [-0.25, -0.2) is 4.79 Å². The van der Waals surface area contributed by atoms with E-state index in [0.29, 0.717) is 16.7 Å². The molecular formula is C12H15NO3S2. The van der Waals surface area contributed by atoms with Crippen molar-refractivity contribution in [2.45, 2.75) is 12.2 Å². The molecule has 2 N–H and O–H groups in total. The lowest BCUT2D eigenvalue weighted by atomic mass is 10.3. The molecule has 0 spiro atoms. The number of rotatable bonds is 6. The molecule has 1 aromatic heterocycles. The maximum Gasteiger partial charge on any atom is 0.328 e. The van der Waals surface area contributed by atoms with Gasteiger partial charge < -0.3 is 10.4 Å². The standard InChI is InChI=1S/C12H15NO3S2/c1-8(17-2)7-13-12(16)10-5-3-9(18-10)4-6-11(14)15/h3-6,8H,7H2,1-2H3,(H,13,16)(H,14,15)/b6-4+. The van der Waals surface area contributed by atoms with Crippen molar-refractivity contribution in [2.75, 3.05) is 12.8 Å². The fourth-order valence-electron chi connectivity index (χ4n) is 1.12. The largest absolute Gasteiger partial charge is 0.478 e. The molecule has 6 heteroatoms. The lowest BCUT2D eigenvalue weighted by Crippen LogP contribution is -2.28. The Bertz CT molecular complexity index is 454. The first-order valence-corrected chi connectivity index (χ1v) is 7.45. The number of thiophene rings is 1. The van der Waals surface area contributed by atoms with Gasteiger partial charge in [0, 0.05) is 22.7 Å². The highest BCUT2D eigenvalue weighted by molar-refractivity contribution is 7.99. The summed E-state index contributed by atoms with van der Waals surface area (Å²) in [5.41, 5.74) is 0. The van der Waals surface area contributed by atoms with E-state index >= 15 is 0 Å². The maximum atomic E-state index is 11.8. The van der Waals surface area contributed by atoms with Crippen LogP contribution >= 0.6 is 23.1 Å². The van der Waals surface area contributed by atoms with E-state index in [2.05, 4.69) is 5.32 Å². The van der Waals surface area contributed by atoms with Crippen LogP contribution in [-0.4, -0.2) is 35.0 Å². The number of carboxylic acids is 1. The number of hydrogen-bond donors (Lipinski definition) is 2. The summed E-state index contributed by atoms with van der Waals surface area (Å²) in [6.07, 6.45) is 4.54. The van der Waals surface area contributed by atoms with Crippen LogP contribution in [0.2, 0.25) is 0 Å². The smallest absolute Gasteiger partial charge is 0.328 e. The summed E-state index contributed by atoms with van der Waals surface area (Å²) in [6.45, 7) is 2.67. The van der Waals surface area contributed by atoms with E-state index in [4.69, 9.17) is 5.11 Å². The predicted octanol–water partition coefficient (Wildman–Crippen LogP) is 2.33. The summed E-state index contributed by atoms with van der Waals surface area (Å²) < 4.78 is 0. The molecule has 4 nitrogen and oxygen atoms in total. The summed E-state index contributed by atoms with van der Waals surface area (Å²) in [7, 11) is 0. The Morgan fingerprint density at radius 2 is 2.28 bits per heavy atom. The second-order valence-corrected chi connectivity index (χ2v) is 6.02. The Balaban J connectivity index is 2.57. The van der Waals surface area contributed by atoms with Gasteiger partial charge in [-0.3, -0.25) is 4.79 Å². The Morgan fingerprint density at radius 1 is 1.56 bits per heavy atom. The number of nitrogens with one attached hydrogen (secondary N) is 1. The zero-order chi connectivity index (χ0) is 13.5. The predicted molar refractivity (Wildman–Crippen MR) is 76.3 cm³/mol. The molecule has 0 saturated carbocycles. The van der Waals surface area contributed by atoms with Crippen LogP contribution in [0.4, 0.5) is 0 Å². The minimum absolute atomic E-state index is 0.115. The van der Waals surface area contributed by atoms with Gasteiger partial charge in [0.15, 0.2) is 0 Å². The molecule has 1 rings (SSSR count). The molecule has 98 valence electrons. The van der Waals surface area contributed by atoms with E-state index in [1.807, 2.05) is 13.2 Å². The quantitative estimate of drug-likeness (QED) is 0.787. The number of amides is 1. The normalized spacial score (nSPS) is 12.6. The number of thioether (sulfide) groups is 1. The second kappa shape index (κ2) is 7.23. The van der Waals surface area contributed by atoms with Crippen LogP contribution in [-0.2, 0) is 4.79 Å². The van der Waals surface area contributed by atoms with E-state index < -0.39 is 5.97 Å². The average Bonchev–Trinajstić information content (AvgIpc) is 2.81. The van der Waals surface area contributed by atoms with Crippen molar-refractivity contribution in [3.8, 4) is 0 Å². The average molecular weight is 285 g/mol. The Labute approximate surface area is 114 Å². The fraction of sp³-hybridized carbons (Fsp3) is 0.333. The Morgan fingerprint density at radius 3 is 2.89 bits per heavy atom. The van der Waals surface area contributed by atoms with Gasteiger partial charge in [0.2, 0.25) is 0 Å². The van der Waals surface area contributed by atoms with Gasteiger partial charge in [0.1, 0.15) is 0 Å². The lowest BCUT2D eigenvalue weighted by molar-refractivity contribution is -0.131. The first-order valence-electron chi connectivity index (χ1n) is 5.34. The number of carbonyl (C=O) groups is 2. The minimum Gasteiger partial charge on any atom is -0.478 e. The Kier molecular flexibility index (Phi) is 5.94. The number of aliphatic carboxylic acids is 1.